The molecular formula is C25H37B7F3N5O2. The number of ether oxygens (including phenoxy) is 1. The second kappa shape index (κ2) is 10.6. The number of amides is 1. The summed E-state index contributed by atoms with van der Waals surface area (Å²) in [4.78, 5) is 26.9. The molecule has 0 N–H and O–H groups in total. The molecule has 3 aliphatic rings. The van der Waals surface area contributed by atoms with Crippen molar-refractivity contribution in [2.45, 2.75) is 56.4 Å². The van der Waals surface area contributed by atoms with Crippen molar-refractivity contribution in [1.82, 2.24) is 19.8 Å². The Hall–Kier alpha value is -2.43. The van der Waals surface area contributed by atoms with Crippen molar-refractivity contribution in [2.24, 2.45) is 5.41 Å². The zero-order chi connectivity index (χ0) is 30.9. The maximum Gasteiger partial charge on any atom is 0.434 e. The quantitative estimate of drug-likeness (QED) is 0.340. The number of hydrogen-bond acceptors (Lipinski definition) is 6. The minimum Gasteiger partial charge on any atom is -0.446 e. The highest BCUT2D eigenvalue weighted by molar-refractivity contribution is 6.68. The molecule has 17 heteroatoms. The van der Waals surface area contributed by atoms with Crippen LogP contribution >= 0.6 is 0 Å². The molecule has 1 amide bonds. The van der Waals surface area contributed by atoms with Crippen molar-refractivity contribution < 1.29 is 22.7 Å². The van der Waals surface area contributed by atoms with Gasteiger partial charge in [0.1, 0.15) is 66.8 Å². The topological polar surface area (TPSA) is 61.8 Å². The van der Waals surface area contributed by atoms with E-state index in [1.165, 1.54) is 32.9 Å². The summed E-state index contributed by atoms with van der Waals surface area (Å²) >= 11 is 0. The molecule has 3 heterocycles. The Morgan fingerprint density at radius 2 is 1.43 bits per heavy atom. The van der Waals surface area contributed by atoms with E-state index in [0.717, 1.165) is 38.3 Å². The second-order valence-corrected chi connectivity index (χ2v) is 13.6. The summed E-state index contributed by atoms with van der Waals surface area (Å²) in [5.41, 5.74) is 7.53. The molecule has 7 nitrogen and oxygen atoms in total. The summed E-state index contributed by atoms with van der Waals surface area (Å²) < 4.78 is 44.6. The van der Waals surface area contributed by atoms with Gasteiger partial charge in [-0.25, -0.2) is 14.8 Å². The van der Waals surface area contributed by atoms with E-state index in [1.807, 2.05) is 18.7 Å². The van der Waals surface area contributed by atoms with Gasteiger partial charge in [-0.05, 0) is 32.0 Å². The minimum absolute atomic E-state index is 0.0770. The molecule has 2 aliphatic heterocycles. The Balaban J connectivity index is 1.15. The zero-order valence-electron chi connectivity index (χ0n) is 26.3. The summed E-state index contributed by atoms with van der Waals surface area (Å²) in [7, 11) is 15.8. The number of carbonyl (C=O) groups excluding carboxylic acids is 1. The van der Waals surface area contributed by atoms with E-state index < -0.39 is 11.9 Å². The zero-order valence-corrected chi connectivity index (χ0v) is 26.3. The molecule has 1 saturated carbocycles. The van der Waals surface area contributed by atoms with E-state index in [1.54, 1.807) is 4.90 Å². The number of piperazine rings is 1. The SMILES string of the molecule is Bc1c(B)c(B)c(C(B)(B)N2CC3(CC(OC(=O)N4[C@H](C)CN(c5cnc(C(F)(F)F)cn5)C[C@@H]4C)C3)C2)c(B)c1B. The van der Waals surface area contributed by atoms with Gasteiger partial charge >= 0.3 is 12.3 Å². The van der Waals surface area contributed by atoms with Crippen molar-refractivity contribution >= 4 is 94.1 Å². The predicted octanol–water partition coefficient (Wildman–Crippen LogP) is -6.64. The van der Waals surface area contributed by atoms with E-state index in [4.69, 9.17) is 4.74 Å². The Morgan fingerprint density at radius 1 is 0.905 bits per heavy atom. The molecule has 1 aromatic carbocycles. The van der Waals surface area contributed by atoms with Crippen molar-refractivity contribution in [3.8, 4) is 0 Å². The molecule has 2 aromatic rings. The van der Waals surface area contributed by atoms with E-state index in [0.29, 0.717) is 18.9 Å². The van der Waals surface area contributed by atoms with Crippen LogP contribution in [0.3, 0.4) is 0 Å². The van der Waals surface area contributed by atoms with Gasteiger partial charge in [-0.1, -0.05) is 16.5 Å². The number of hydrogen-bond donors (Lipinski definition) is 0. The van der Waals surface area contributed by atoms with E-state index in [-0.39, 0.29) is 35.0 Å². The summed E-state index contributed by atoms with van der Waals surface area (Å²) in [6.45, 7) is 6.73. The lowest BCUT2D eigenvalue weighted by Crippen LogP contribution is -2.72. The van der Waals surface area contributed by atoms with E-state index >= 15 is 0 Å². The van der Waals surface area contributed by atoms with Crippen LogP contribution in [0.4, 0.5) is 23.8 Å². The number of alkyl halides is 3. The fourth-order valence-electron chi connectivity index (χ4n) is 7.69. The first-order valence-electron chi connectivity index (χ1n) is 14.9. The van der Waals surface area contributed by atoms with Gasteiger partial charge < -0.3 is 14.5 Å². The van der Waals surface area contributed by atoms with Crippen LogP contribution in [0.1, 0.15) is 37.9 Å². The van der Waals surface area contributed by atoms with Gasteiger partial charge in [-0.3, -0.25) is 4.90 Å². The van der Waals surface area contributed by atoms with Crippen LogP contribution in [0.5, 0.6) is 0 Å². The Bertz CT molecular complexity index is 1340. The van der Waals surface area contributed by atoms with Gasteiger partial charge in [-0.2, -0.15) is 13.2 Å². The van der Waals surface area contributed by atoms with Gasteiger partial charge in [0.15, 0.2) is 5.69 Å². The number of benzene rings is 1. The number of aromatic nitrogens is 2. The summed E-state index contributed by atoms with van der Waals surface area (Å²) in [5.74, 6) is 0.370. The lowest BCUT2D eigenvalue weighted by molar-refractivity contribution is -0.145. The standard InChI is InChI=1S/C25H37B7F3N5O2/c1-11-7-38(15-6-36-14(5-37-15)25(33,34)35)8-12(2)40(11)22(41)42-13-3-23(4-13)9-39(10-23)24(31,32)16-17(26)19(28)21(30)20(29)18(16)27/h5-6,11-13H,3-4,7-10,26-32H2,1-2H3/t11-,12+. The third-order valence-electron chi connectivity index (χ3n) is 10.4. The fraction of sp³-hybridized carbons (Fsp3) is 0.560. The first kappa shape index (κ1) is 31.0. The maximum atomic E-state index is 13.2. The number of nitrogens with zero attached hydrogens (tertiary/aromatic N) is 5. The minimum atomic E-state index is -4.53. The number of rotatable bonds is 4. The number of carbonyl (C=O) groups is 1. The lowest BCUT2D eigenvalue weighted by Gasteiger charge is -2.63. The molecular weight excluding hydrogens is 535 g/mol. The van der Waals surface area contributed by atoms with Crippen LogP contribution in [-0.4, -0.2) is 125 Å². The lowest BCUT2D eigenvalue weighted by atomic mass is 9.46. The molecule has 5 rings (SSSR count). The average Bonchev–Trinajstić information content (AvgIpc) is 2.85. The molecule has 216 valence electrons. The molecule has 3 fully saturated rings. The molecule has 1 aliphatic carbocycles. The Kier molecular flexibility index (Phi) is 7.85. The third kappa shape index (κ3) is 5.28. The Morgan fingerprint density at radius 3 is 1.90 bits per heavy atom. The fourth-order valence-corrected chi connectivity index (χ4v) is 7.69. The van der Waals surface area contributed by atoms with Gasteiger partial charge in [0.05, 0.1) is 24.5 Å². The van der Waals surface area contributed by atoms with Crippen molar-refractivity contribution in [2.75, 3.05) is 31.1 Å². The van der Waals surface area contributed by atoms with Crippen molar-refractivity contribution in [3.05, 3.63) is 23.7 Å². The highest BCUT2D eigenvalue weighted by atomic mass is 19.4. The van der Waals surface area contributed by atoms with Crippen LogP contribution in [0.2, 0.25) is 0 Å². The largest absolute Gasteiger partial charge is 0.446 e. The molecule has 0 radical (unpaired) electrons. The van der Waals surface area contributed by atoms with Gasteiger partial charge in [-0.15, -0.1) is 16.4 Å². The summed E-state index contributed by atoms with van der Waals surface area (Å²) in [5, 5.41) is -0.0770. The molecule has 0 unspecified atom stereocenters. The first-order valence-corrected chi connectivity index (χ1v) is 14.9. The van der Waals surface area contributed by atoms with Crippen LogP contribution in [0.15, 0.2) is 12.4 Å². The van der Waals surface area contributed by atoms with Crippen LogP contribution < -0.4 is 32.2 Å². The molecule has 42 heavy (non-hydrogen) atoms. The number of anilines is 1. The smallest absolute Gasteiger partial charge is 0.434 e. The summed E-state index contributed by atoms with van der Waals surface area (Å²) in [6, 6.07) is -0.375. The molecule has 0 bridgehead atoms. The van der Waals surface area contributed by atoms with E-state index in [9.17, 15) is 18.0 Å². The highest BCUT2D eigenvalue weighted by Gasteiger charge is 2.57. The normalized spacial score (nSPS) is 23.0. The van der Waals surface area contributed by atoms with Gasteiger partial charge in [0.2, 0.25) is 0 Å². The summed E-state index contributed by atoms with van der Waals surface area (Å²) in [6.07, 6.45) is -1.28. The highest BCUT2D eigenvalue weighted by Crippen LogP contribution is 2.52. The van der Waals surface area contributed by atoms with Crippen LogP contribution in [-0.2, 0) is 16.3 Å². The molecule has 1 aromatic heterocycles. The maximum absolute atomic E-state index is 13.2. The van der Waals surface area contributed by atoms with E-state index in [2.05, 4.69) is 69.8 Å². The number of halogens is 3. The van der Waals surface area contributed by atoms with Crippen LogP contribution in [0, 0.1) is 5.41 Å². The second-order valence-electron chi connectivity index (χ2n) is 13.6. The molecule has 2 atom stereocenters. The number of likely N-dealkylation sites (tertiary alicyclic amines) is 1. The molecule has 1 spiro atoms. The monoisotopic (exact) mass is 573 g/mol. The van der Waals surface area contributed by atoms with Gasteiger partial charge in [0.25, 0.3) is 0 Å². The third-order valence-corrected chi connectivity index (χ3v) is 10.4. The van der Waals surface area contributed by atoms with Gasteiger partial charge in [0, 0.05) is 31.6 Å². The molecule has 2 saturated heterocycles. The Labute approximate surface area is 252 Å². The average molecular weight is 572 g/mol. The predicted molar refractivity (Wildman–Crippen MR) is 180 cm³/mol. The van der Waals surface area contributed by atoms with Crippen LogP contribution in [0.25, 0.3) is 0 Å². The van der Waals surface area contributed by atoms with Crippen molar-refractivity contribution in [3.63, 3.8) is 0 Å². The van der Waals surface area contributed by atoms with Crippen molar-refractivity contribution in [1.29, 1.82) is 0 Å². The first-order chi connectivity index (χ1) is 19.4.